The molecular formula is C11H21N. The molecule has 1 saturated carbocycles. The summed E-state index contributed by atoms with van der Waals surface area (Å²) in [5.74, 6) is 0.919. The molecule has 1 N–H and O–H groups in total. The third-order valence-electron chi connectivity index (χ3n) is 2.86. The molecule has 1 unspecified atom stereocenters. The summed E-state index contributed by atoms with van der Waals surface area (Å²) < 4.78 is 0. The zero-order valence-electron chi connectivity index (χ0n) is 8.18. The predicted octanol–water partition coefficient (Wildman–Crippen LogP) is 2.73. The molecule has 1 rings (SSSR count). The van der Waals surface area contributed by atoms with Gasteiger partial charge in [0.05, 0.1) is 0 Å². The van der Waals surface area contributed by atoms with Gasteiger partial charge in [-0.15, -0.1) is 6.58 Å². The van der Waals surface area contributed by atoms with Crippen LogP contribution >= 0.6 is 0 Å². The fourth-order valence-electron chi connectivity index (χ4n) is 2.24. The summed E-state index contributed by atoms with van der Waals surface area (Å²) in [6, 6.07) is 0.704. The molecule has 1 atom stereocenters. The van der Waals surface area contributed by atoms with Gasteiger partial charge in [-0.1, -0.05) is 25.8 Å². The molecule has 0 aromatic rings. The van der Waals surface area contributed by atoms with Crippen molar-refractivity contribution in [2.24, 2.45) is 5.92 Å². The van der Waals surface area contributed by atoms with Gasteiger partial charge >= 0.3 is 0 Å². The van der Waals surface area contributed by atoms with Crippen LogP contribution in [0.4, 0.5) is 0 Å². The van der Waals surface area contributed by atoms with E-state index in [2.05, 4.69) is 18.8 Å². The molecule has 1 fully saturated rings. The van der Waals surface area contributed by atoms with Crippen LogP contribution < -0.4 is 5.32 Å². The Morgan fingerprint density at radius 2 is 2.17 bits per heavy atom. The normalized spacial score (nSPS) is 21.1. The minimum atomic E-state index is 0.704. The Kier molecular flexibility index (Phi) is 4.37. The lowest BCUT2D eigenvalue weighted by Crippen LogP contribution is -2.34. The molecule has 1 aliphatic carbocycles. The van der Waals surface area contributed by atoms with Gasteiger partial charge < -0.3 is 5.32 Å². The first-order valence-corrected chi connectivity index (χ1v) is 5.22. The Labute approximate surface area is 76.2 Å². The third-order valence-corrected chi connectivity index (χ3v) is 2.86. The first-order chi connectivity index (χ1) is 5.88. The molecule has 0 amide bonds. The molecule has 0 spiro atoms. The Hall–Kier alpha value is -0.300. The van der Waals surface area contributed by atoms with Crippen molar-refractivity contribution in [1.82, 2.24) is 5.32 Å². The van der Waals surface area contributed by atoms with Crippen molar-refractivity contribution in [3.63, 3.8) is 0 Å². The molecule has 0 bridgehead atoms. The highest BCUT2D eigenvalue weighted by molar-refractivity contribution is 4.85. The largest absolute Gasteiger partial charge is 0.314 e. The second-order valence-corrected chi connectivity index (χ2v) is 3.73. The van der Waals surface area contributed by atoms with Crippen LogP contribution in [0.2, 0.25) is 0 Å². The Bertz CT molecular complexity index is 125. The summed E-state index contributed by atoms with van der Waals surface area (Å²) in [6.45, 7) is 7.09. The highest BCUT2D eigenvalue weighted by Crippen LogP contribution is 2.28. The smallest absolute Gasteiger partial charge is 0.0130 e. The Morgan fingerprint density at radius 1 is 1.50 bits per heavy atom. The fraction of sp³-hybridized carbons (Fsp3) is 0.818. The van der Waals surface area contributed by atoms with Crippen LogP contribution in [0.25, 0.3) is 0 Å². The van der Waals surface area contributed by atoms with E-state index in [-0.39, 0.29) is 0 Å². The minimum absolute atomic E-state index is 0.704. The minimum Gasteiger partial charge on any atom is -0.314 e. The lowest BCUT2D eigenvalue weighted by molar-refractivity contribution is 0.367. The van der Waals surface area contributed by atoms with E-state index >= 15 is 0 Å². The van der Waals surface area contributed by atoms with Gasteiger partial charge in [-0.3, -0.25) is 0 Å². The van der Waals surface area contributed by atoms with Crippen molar-refractivity contribution in [3.8, 4) is 0 Å². The first kappa shape index (κ1) is 9.79. The highest BCUT2D eigenvalue weighted by Gasteiger charge is 2.22. The second-order valence-electron chi connectivity index (χ2n) is 3.73. The van der Waals surface area contributed by atoms with E-state index in [1.165, 1.54) is 25.7 Å². The lowest BCUT2D eigenvalue weighted by Gasteiger charge is -2.22. The van der Waals surface area contributed by atoms with Crippen LogP contribution in [0.3, 0.4) is 0 Å². The highest BCUT2D eigenvalue weighted by atomic mass is 14.9. The summed E-state index contributed by atoms with van der Waals surface area (Å²) in [5, 5.41) is 3.55. The molecule has 0 saturated heterocycles. The first-order valence-electron chi connectivity index (χ1n) is 5.22. The van der Waals surface area contributed by atoms with Gasteiger partial charge in [-0.25, -0.2) is 0 Å². The Balaban J connectivity index is 2.33. The fourth-order valence-corrected chi connectivity index (χ4v) is 2.24. The number of nitrogens with one attached hydrogen (secondary N) is 1. The molecule has 12 heavy (non-hydrogen) atoms. The van der Waals surface area contributed by atoms with Crippen molar-refractivity contribution < 1.29 is 0 Å². The summed E-state index contributed by atoms with van der Waals surface area (Å²) in [6.07, 6.45) is 8.90. The van der Waals surface area contributed by atoms with Crippen LogP contribution in [-0.2, 0) is 0 Å². The van der Waals surface area contributed by atoms with Crippen LogP contribution in [0.15, 0.2) is 12.7 Å². The monoisotopic (exact) mass is 167 g/mol. The van der Waals surface area contributed by atoms with Crippen LogP contribution in [-0.4, -0.2) is 12.6 Å². The molecule has 1 nitrogen and oxygen atoms in total. The summed E-state index contributed by atoms with van der Waals surface area (Å²) in [7, 11) is 0. The molecule has 70 valence electrons. The summed E-state index contributed by atoms with van der Waals surface area (Å²) in [4.78, 5) is 0. The van der Waals surface area contributed by atoms with E-state index in [1.807, 2.05) is 6.08 Å². The molecule has 0 aliphatic heterocycles. The van der Waals surface area contributed by atoms with E-state index in [0.717, 1.165) is 18.9 Å². The number of rotatable bonds is 5. The molecular weight excluding hydrogens is 146 g/mol. The SMILES string of the molecule is C=CCC(NCC)C1CCCC1. The van der Waals surface area contributed by atoms with Gasteiger partial charge in [-0.2, -0.15) is 0 Å². The molecule has 0 aromatic heterocycles. The van der Waals surface area contributed by atoms with E-state index in [9.17, 15) is 0 Å². The Morgan fingerprint density at radius 3 is 2.67 bits per heavy atom. The van der Waals surface area contributed by atoms with Gasteiger partial charge in [0.1, 0.15) is 0 Å². The maximum Gasteiger partial charge on any atom is 0.0130 e. The van der Waals surface area contributed by atoms with Gasteiger partial charge in [0.15, 0.2) is 0 Å². The van der Waals surface area contributed by atoms with E-state index in [4.69, 9.17) is 0 Å². The summed E-state index contributed by atoms with van der Waals surface area (Å²) >= 11 is 0. The van der Waals surface area contributed by atoms with Crippen molar-refractivity contribution in [3.05, 3.63) is 12.7 Å². The van der Waals surface area contributed by atoms with Crippen molar-refractivity contribution in [1.29, 1.82) is 0 Å². The van der Waals surface area contributed by atoms with Gasteiger partial charge in [0, 0.05) is 6.04 Å². The number of hydrogen-bond donors (Lipinski definition) is 1. The molecule has 1 heteroatoms. The van der Waals surface area contributed by atoms with Crippen LogP contribution in [0, 0.1) is 5.92 Å². The van der Waals surface area contributed by atoms with E-state index in [1.54, 1.807) is 0 Å². The molecule has 0 radical (unpaired) electrons. The molecule has 1 aliphatic rings. The average Bonchev–Trinajstić information content (AvgIpc) is 2.56. The number of hydrogen-bond acceptors (Lipinski definition) is 1. The quantitative estimate of drug-likeness (QED) is 0.621. The van der Waals surface area contributed by atoms with Crippen LogP contribution in [0.5, 0.6) is 0 Å². The van der Waals surface area contributed by atoms with E-state index < -0.39 is 0 Å². The van der Waals surface area contributed by atoms with Gasteiger partial charge in [0.25, 0.3) is 0 Å². The summed E-state index contributed by atoms with van der Waals surface area (Å²) in [5.41, 5.74) is 0. The molecule has 0 aromatic carbocycles. The van der Waals surface area contributed by atoms with Gasteiger partial charge in [0.2, 0.25) is 0 Å². The van der Waals surface area contributed by atoms with Crippen molar-refractivity contribution >= 4 is 0 Å². The second kappa shape index (κ2) is 5.36. The predicted molar refractivity (Wildman–Crippen MR) is 54.2 cm³/mol. The maximum absolute atomic E-state index is 3.81. The van der Waals surface area contributed by atoms with Gasteiger partial charge in [-0.05, 0) is 31.7 Å². The van der Waals surface area contributed by atoms with Crippen LogP contribution in [0.1, 0.15) is 39.0 Å². The third kappa shape index (κ3) is 2.63. The topological polar surface area (TPSA) is 12.0 Å². The zero-order valence-corrected chi connectivity index (χ0v) is 8.18. The van der Waals surface area contributed by atoms with E-state index in [0.29, 0.717) is 6.04 Å². The maximum atomic E-state index is 3.81. The molecule has 0 heterocycles. The standard InChI is InChI=1S/C11H21N/c1-3-7-11(12-4-2)10-8-5-6-9-10/h3,10-12H,1,4-9H2,2H3. The zero-order chi connectivity index (χ0) is 8.81. The van der Waals surface area contributed by atoms with Crippen molar-refractivity contribution in [2.75, 3.05) is 6.54 Å². The van der Waals surface area contributed by atoms with Crippen molar-refractivity contribution in [2.45, 2.75) is 45.1 Å². The lowest BCUT2D eigenvalue weighted by atomic mass is 9.95. The average molecular weight is 167 g/mol.